The molecule has 0 aliphatic carbocycles. The highest BCUT2D eigenvalue weighted by Gasteiger charge is 2.49. The first-order valence-corrected chi connectivity index (χ1v) is 7.09. The highest BCUT2D eigenvalue weighted by Crippen LogP contribution is 2.37. The summed E-state index contributed by atoms with van der Waals surface area (Å²) < 4.78 is 64.6. The van der Waals surface area contributed by atoms with Crippen molar-refractivity contribution in [3.63, 3.8) is 0 Å². The van der Waals surface area contributed by atoms with E-state index in [-0.39, 0.29) is 25.3 Å². The minimum Gasteiger partial charge on any atom is -0.382 e. The number of hydrogen-bond donors (Lipinski definition) is 1. The molecule has 1 atom stereocenters. The first-order valence-electron chi connectivity index (χ1n) is 6.72. The van der Waals surface area contributed by atoms with Gasteiger partial charge in [0.2, 0.25) is 0 Å². The molecule has 1 heterocycles. The molecule has 1 aromatic carbocycles. The summed E-state index contributed by atoms with van der Waals surface area (Å²) in [6, 6.07) is 0.751. The van der Waals surface area contributed by atoms with Gasteiger partial charge >= 0.3 is 6.18 Å². The van der Waals surface area contributed by atoms with Gasteiger partial charge in [0, 0.05) is 25.0 Å². The van der Waals surface area contributed by atoms with E-state index in [1.54, 1.807) is 0 Å². The van der Waals surface area contributed by atoms with Gasteiger partial charge in [-0.25, -0.2) is 8.78 Å². The number of nitrogens with one attached hydrogen (secondary N) is 1. The van der Waals surface area contributed by atoms with Crippen LogP contribution in [0, 0.1) is 17.0 Å². The van der Waals surface area contributed by atoms with Gasteiger partial charge in [-0.3, -0.25) is 4.90 Å². The number of rotatable bonds is 4. The lowest BCUT2D eigenvalue weighted by Crippen LogP contribution is -2.63. The maximum atomic E-state index is 13.7. The van der Waals surface area contributed by atoms with E-state index in [0.717, 1.165) is 13.0 Å². The monoisotopic (exact) mass is 342 g/mol. The van der Waals surface area contributed by atoms with E-state index in [1.807, 2.05) is 6.92 Å². The maximum absolute atomic E-state index is 13.7. The van der Waals surface area contributed by atoms with Gasteiger partial charge in [0.25, 0.3) is 0 Å². The van der Waals surface area contributed by atoms with Gasteiger partial charge in [-0.1, -0.05) is 18.5 Å². The van der Waals surface area contributed by atoms with Gasteiger partial charge < -0.3 is 5.32 Å². The fourth-order valence-corrected chi connectivity index (χ4v) is 2.66. The zero-order chi connectivity index (χ0) is 16.7. The second-order valence-corrected chi connectivity index (χ2v) is 6.39. The minimum absolute atomic E-state index is 0.0370. The maximum Gasteiger partial charge on any atom is 0.403 e. The second kappa shape index (κ2) is 5.85. The van der Waals surface area contributed by atoms with Crippen molar-refractivity contribution in [2.45, 2.75) is 26.1 Å². The molecule has 124 valence electrons. The average Bonchev–Trinajstić information content (AvgIpc) is 2.39. The summed E-state index contributed by atoms with van der Waals surface area (Å²) in [6.07, 6.45) is -4.26. The van der Waals surface area contributed by atoms with Gasteiger partial charge in [-0.2, -0.15) is 13.2 Å². The third-order valence-electron chi connectivity index (χ3n) is 3.93. The standard InChI is InChI=1S/C14H16ClF5N2/c1-8(14(18,19)20)22-6-13(2,7-22)5-21-10-4-3-9(16)11(15)12(10)17/h3-4,8,21H,5-7H2,1-2H3. The minimum atomic E-state index is -4.26. The smallest absolute Gasteiger partial charge is 0.382 e. The Morgan fingerprint density at radius 2 is 1.91 bits per heavy atom. The van der Waals surface area contributed by atoms with E-state index in [0.29, 0.717) is 0 Å². The van der Waals surface area contributed by atoms with Crippen LogP contribution in [0.1, 0.15) is 13.8 Å². The van der Waals surface area contributed by atoms with Crippen LogP contribution in [-0.2, 0) is 0 Å². The molecule has 0 radical (unpaired) electrons. The fourth-order valence-electron chi connectivity index (χ4n) is 2.50. The molecule has 0 spiro atoms. The molecule has 1 N–H and O–H groups in total. The predicted octanol–water partition coefficient (Wildman–Crippen LogP) is 4.30. The molecule has 22 heavy (non-hydrogen) atoms. The number of benzene rings is 1. The molecule has 1 aromatic rings. The second-order valence-electron chi connectivity index (χ2n) is 6.01. The molecule has 2 nitrogen and oxygen atoms in total. The zero-order valence-electron chi connectivity index (χ0n) is 12.1. The fraction of sp³-hybridized carbons (Fsp3) is 0.571. The topological polar surface area (TPSA) is 15.3 Å². The molecule has 1 aliphatic heterocycles. The van der Waals surface area contributed by atoms with Crippen LogP contribution < -0.4 is 5.32 Å². The van der Waals surface area contributed by atoms with Crippen LogP contribution >= 0.6 is 11.6 Å². The summed E-state index contributed by atoms with van der Waals surface area (Å²) in [5.41, 5.74) is -0.373. The normalized spacial score (nSPS) is 19.6. The summed E-state index contributed by atoms with van der Waals surface area (Å²) in [6.45, 7) is 3.69. The van der Waals surface area contributed by atoms with Crippen LogP contribution in [0.2, 0.25) is 5.02 Å². The van der Waals surface area contributed by atoms with Gasteiger partial charge in [0.1, 0.15) is 16.9 Å². The molecule has 1 saturated heterocycles. The van der Waals surface area contributed by atoms with E-state index in [2.05, 4.69) is 5.32 Å². The molecular weight excluding hydrogens is 327 g/mol. The number of alkyl halides is 3. The summed E-state index contributed by atoms with van der Waals surface area (Å²) in [5, 5.41) is 2.19. The van der Waals surface area contributed by atoms with Crippen LogP contribution in [0.4, 0.5) is 27.6 Å². The summed E-state index contributed by atoms with van der Waals surface area (Å²) in [7, 11) is 0. The first-order chi connectivity index (χ1) is 10.0. The van der Waals surface area contributed by atoms with Crippen LogP contribution in [0.3, 0.4) is 0 Å². The van der Waals surface area contributed by atoms with Crippen molar-refractivity contribution >= 4 is 17.3 Å². The van der Waals surface area contributed by atoms with Gasteiger partial charge in [0.05, 0.1) is 5.69 Å². The molecule has 1 fully saturated rings. The lowest BCUT2D eigenvalue weighted by atomic mass is 9.80. The molecule has 1 unspecified atom stereocenters. The van der Waals surface area contributed by atoms with Crippen LogP contribution in [-0.4, -0.2) is 36.8 Å². The number of halogens is 6. The summed E-state index contributed by atoms with van der Waals surface area (Å²) in [4.78, 5) is 1.32. The van der Waals surface area contributed by atoms with Crippen molar-refractivity contribution in [1.82, 2.24) is 4.90 Å². The number of hydrogen-bond acceptors (Lipinski definition) is 2. The highest BCUT2D eigenvalue weighted by molar-refractivity contribution is 6.31. The van der Waals surface area contributed by atoms with Crippen molar-refractivity contribution in [2.75, 3.05) is 25.0 Å². The first kappa shape index (κ1) is 17.3. The van der Waals surface area contributed by atoms with Gasteiger partial charge in [-0.15, -0.1) is 0 Å². The highest BCUT2D eigenvalue weighted by atomic mass is 35.5. The number of likely N-dealkylation sites (tertiary alicyclic amines) is 1. The molecular formula is C14H16ClF5N2. The Balaban J connectivity index is 1.93. The number of nitrogens with zero attached hydrogens (tertiary/aromatic N) is 1. The van der Waals surface area contributed by atoms with Crippen molar-refractivity contribution in [3.05, 3.63) is 28.8 Å². The van der Waals surface area contributed by atoms with E-state index >= 15 is 0 Å². The zero-order valence-corrected chi connectivity index (χ0v) is 12.8. The quantitative estimate of drug-likeness (QED) is 0.648. The molecule has 0 amide bonds. The van der Waals surface area contributed by atoms with E-state index in [9.17, 15) is 22.0 Å². The van der Waals surface area contributed by atoms with Crippen molar-refractivity contribution < 1.29 is 22.0 Å². The van der Waals surface area contributed by atoms with Crippen LogP contribution in [0.15, 0.2) is 12.1 Å². The summed E-state index contributed by atoms with van der Waals surface area (Å²) >= 11 is 5.47. The van der Waals surface area contributed by atoms with Crippen molar-refractivity contribution in [1.29, 1.82) is 0 Å². The predicted molar refractivity (Wildman–Crippen MR) is 75.1 cm³/mol. The van der Waals surface area contributed by atoms with Gasteiger partial charge in [0.15, 0.2) is 5.82 Å². The van der Waals surface area contributed by atoms with Crippen molar-refractivity contribution in [3.8, 4) is 0 Å². The molecule has 0 bridgehead atoms. The largest absolute Gasteiger partial charge is 0.403 e. The number of anilines is 1. The van der Waals surface area contributed by atoms with Crippen LogP contribution in [0.25, 0.3) is 0 Å². The Labute approximate surface area is 130 Å². The van der Waals surface area contributed by atoms with Gasteiger partial charge in [-0.05, 0) is 19.1 Å². The Hall–Kier alpha value is -1.08. The SMILES string of the molecule is CC(N1CC(C)(CNc2ccc(F)c(Cl)c2F)C1)C(F)(F)F. The summed E-state index contributed by atoms with van der Waals surface area (Å²) in [5.74, 6) is -1.75. The van der Waals surface area contributed by atoms with Crippen LogP contribution in [0.5, 0.6) is 0 Å². The van der Waals surface area contributed by atoms with E-state index < -0.39 is 34.3 Å². The average molecular weight is 343 g/mol. The van der Waals surface area contributed by atoms with E-state index in [4.69, 9.17) is 11.6 Å². The molecule has 1 aliphatic rings. The lowest BCUT2D eigenvalue weighted by molar-refractivity contribution is -0.201. The Kier molecular flexibility index (Phi) is 4.59. The van der Waals surface area contributed by atoms with Crippen molar-refractivity contribution in [2.24, 2.45) is 5.41 Å². The lowest BCUT2D eigenvalue weighted by Gasteiger charge is -2.51. The third-order valence-corrected chi connectivity index (χ3v) is 4.28. The molecule has 0 aromatic heterocycles. The third kappa shape index (κ3) is 3.46. The molecule has 2 rings (SSSR count). The van der Waals surface area contributed by atoms with E-state index in [1.165, 1.54) is 11.0 Å². The Morgan fingerprint density at radius 3 is 2.45 bits per heavy atom. The molecule has 8 heteroatoms. The molecule has 0 saturated carbocycles. The Morgan fingerprint density at radius 1 is 1.32 bits per heavy atom. The Bertz CT molecular complexity index is 555.